The number of hydrogen-bond donors (Lipinski definition) is 1. The van der Waals surface area contributed by atoms with Crippen LogP contribution in [-0.4, -0.2) is 18.8 Å². The zero-order valence-electron chi connectivity index (χ0n) is 5.24. The van der Waals surface area contributed by atoms with E-state index in [1.807, 2.05) is 0 Å². The summed E-state index contributed by atoms with van der Waals surface area (Å²) >= 11 is 0. The molecular formula is C5H8F3NO. The van der Waals surface area contributed by atoms with Gasteiger partial charge >= 0.3 is 0 Å². The number of carbonyl (C=O) groups is 1. The number of hydrogen-bond acceptors (Lipinski definition) is 1. The highest BCUT2D eigenvalue weighted by atomic mass is 19.2. The van der Waals surface area contributed by atoms with Crippen LogP contribution in [0.1, 0.15) is 12.8 Å². The Morgan fingerprint density at radius 3 is 2.60 bits per heavy atom. The molecule has 2 nitrogen and oxygen atoms in total. The fraction of sp³-hybridized carbons (Fsp3) is 0.800. The average Bonchev–Trinajstić information content (AvgIpc) is 1.98. The van der Waals surface area contributed by atoms with Crippen LogP contribution in [0.4, 0.5) is 13.3 Å². The Labute approximate surface area is 56.3 Å². The maximum Gasteiger partial charge on any atom is 0.282 e. The molecule has 1 N–H and O–H groups in total. The van der Waals surface area contributed by atoms with Crippen LogP contribution in [0.15, 0.2) is 0 Å². The minimum Gasteiger partial charge on any atom is -0.269 e. The second kappa shape index (κ2) is 5.08. The fourth-order valence-corrected chi connectivity index (χ4v) is 0.447. The van der Waals surface area contributed by atoms with Gasteiger partial charge in [0.1, 0.15) is 0 Å². The molecular weight excluding hydrogens is 147 g/mol. The molecule has 1 amide bonds. The molecule has 0 rings (SSSR count). The first-order valence-corrected chi connectivity index (χ1v) is 2.83. The van der Waals surface area contributed by atoms with Gasteiger partial charge in [-0.3, -0.25) is 9.18 Å². The maximum atomic E-state index is 12.2. The van der Waals surface area contributed by atoms with Crippen molar-refractivity contribution in [2.45, 2.75) is 19.0 Å². The average molecular weight is 155 g/mol. The molecule has 5 heteroatoms. The van der Waals surface area contributed by atoms with E-state index in [2.05, 4.69) is 0 Å². The van der Waals surface area contributed by atoms with Gasteiger partial charge < -0.3 is 0 Å². The summed E-state index contributed by atoms with van der Waals surface area (Å²) in [6.45, 7) is -0.694. The Hall–Kier alpha value is -0.740. The summed E-state index contributed by atoms with van der Waals surface area (Å²) in [6.07, 6.45) is -2.26. The molecule has 1 unspecified atom stereocenters. The van der Waals surface area contributed by atoms with E-state index in [4.69, 9.17) is 0 Å². The molecule has 0 heterocycles. The molecule has 0 aliphatic rings. The topological polar surface area (TPSA) is 29.1 Å². The predicted molar refractivity (Wildman–Crippen MR) is 29.4 cm³/mol. The lowest BCUT2D eigenvalue weighted by molar-refractivity contribution is -0.130. The molecule has 0 spiro atoms. The molecule has 0 aromatic carbocycles. The molecule has 0 radical (unpaired) electrons. The van der Waals surface area contributed by atoms with Gasteiger partial charge in [-0.2, -0.15) is 5.54 Å². The van der Waals surface area contributed by atoms with Crippen LogP contribution in [0, 0.1) is 0 Å². The van der Waals surface area contributed by atoms with Crippen molar-refractivity contribution >= 4 is 5.91 Å². The normalized spacial score (nSPS) is 12.7. The molecule has 0 aromatic rings. The molecule has 0 aliphatic heterocycles. The van der Waals surface area contributed by atoms with Gasteiger partial charge in [0.25, 0.3) is 5.91 Å². The summed E-state index contributed by atoms with van der Waals surface area (Å²) in [7, 11) is 0. The highest BCUT2D eigenvalue weighted by Gasteiger charge is 2.15. The van der Waals surface area contributed by atoms with Gasteiger partial charge in [-0.15, -0.1) is 4.48 Å². The summed E-state index contributed by atoms with van der Waals surface area (Å²) in [5, 5.41) is 0. The number of alkyl halides is 2. The summed E-state index contributed by atoms with van der Waals surface area (Å²) < 4.78 is 34.6. The fourth-order valence-electron chi connectivity index (χ4n) is 0.447. The number of rotatable bonds is 4. The van der Waals surface area contributed by atoms with Crippen molar-refractivity contribution in [2.75, 3.05) is 6.67 Å². The van der Waals surface area contributed by atoms with E-state index in [0.717, 1.165) is 0 Å². The van der Waals surface area contributed by atoms with Gasteiger partial charge in [0.05, 0.1) is 6.67 Å². The third-order valence-electron chi connectivity index (χ3n) is 0.969. The highest BCUT2D eigenvalue weighted by molar-refractivity contribution is 5.79. The zero-order chi connectivity index (χ0) is 7.98. The van der Waals surface area contributed by atoms with E-state index >= 15 is 0 Å². The van der Waals surface area contributed by atoms with Crippen molar-refractivity contribution in [3.05, 3.63) is 0 Å². The maximum absolute atomic E-state index is 12.2. The molecule has 10 heavy (non-hydrogen) atoms. The Morgan fingerprint density at radius 1 is 1.60 bits per heavy atom. The molecule has 0 aliphatic carbocycles. The highest BCUT2D eigenvalue weighted by Crippen LogP contribution is 2.01. The van der Waals surface area contributed by atoms with E-state index < -0.39 is 18.8 Å². The molecule has 0 aromatic heterocycles. The lowest BCUT2D eigenvalue weighted by Gasteiger charge is -2.00. The lowest BCUT2D eigenvalue weighted by atomic mass is 10.2. The zero-order valence-corrected chi connectivity index (χ0v) is 5.24. The monoisotopic (exact) mass is 155 g/mol. The van der Waals surface area contributed by atoms with Gasteiger partial charge in [-0.1, -0.05) is 0 Å². The second-order valence-electron chi connectivity index (χ2n) is 1.76. The molecule has 0 saturated carbocycles. The van der Waals surface area contributed by atoms with Crippen molar-refractivity contribution < 1.29 is 18.1 Å². The lowest BCUT2D eigenvalue weighted by Crippen LogP contribution is -2.25. The van der Waals surface area contributed by atoms with E-state index in [-0.39, 0.29) is 12.8 Å². The van der Waals surface area contributed by atoms with E-state index in [9.17, 15) is 18.1 Å². The van der Waals surface area contributed by atoms with Gasteiger partial charge in [0.2, 0.25) is 0 Å². The molecule has 0 fully saturated rings. The van der Waals surface area contributed by atoms with Crippen molar-refractivity contribution in [1.82, 2.24) is 5.54 Å². The number of nitrogens with one attached hydrogen (secondary N) is 1. The largest absolute Gasteiger partial charge is 0.282 e. The van der Waals surface area contributed by atoms with E-state index in [1.54, 1.807) is 0 Å². The third-order valence-corrected chi connectivity index (χ3v) is 0.969. The molecule has 60 valence electrons. The minimum atomic E-state index is -1.93. The predicted octanol–water partition coefficient (Wildman–Crippen LogP) is 1.07. The smallest absolute Gasteiger partial charge is 0.269 e. The van der Waals surface area contributed by atoms with Crippen molar-refractivity contribution in [1.29, 1.82) is 0 Å². The summed E-state index contributed by atoms with van der Waals surface area (Å²) in [6, 6.07) is 0. The first-order chi connectivity index (χ1) is 4.72. The van der Waals surface area contributed by atoms with E-state index in [0.29, 0.717) is 5.54 Å². The standard InChI is InChI=1S/C5H8F3NO/c6-3-1-2-4(7)5(10)9-8/h4H,1-3H2,(H,9,10). The van der Waals surface area contributed by atoms with Gasteiger partial charge in [0, 0.05) is 0 Å². The Kier molecular flexibility index (Phi) is 4.70. The van der Waals surface area contributed by atoms with Crippen LogP contribution >= 0.6 is 0 Å². The third kappa shape index (κ3) is 3.32. The Bertz CT molecular complexity index is 109. The van der Waals surface area contributed by atoms with Crippen LogP contribution < -0.4 is 5.54 Å². The molecule has 0 bridgehead atoms. The Balaban J connectivity index is 3.41. The van der Waals surface area contributed by atoms with Crippen LogP contribution in [0.3, 0.4) is 0 Å². The first kappa shape index (κ1) is 9.26. The van der Waals surface area contributed by atoms with Crippen molar-refractivity contribution in [3.8, 4) is 0 Å². The SMILES string of the molecule is O=C(NF)C(F)CCCF. The van der Waals surface area contributed by atoms with Crippen molar-refractivity contribution in [3.63, 3.8) is 0 Å². The van der Waals surface area contributed by atoms with Crippen LogP contribution in [0.25, 0.3) is 0 Å². The minimum absolute atomic E-state index is 0.0609. The van der Waals surface area contributed by atoms with Gasteiger partial charge in [-0.05, 0) is 12.8 Å². The van der Waals surface area contributed by atoms with Crippen molar-refractivity contribution in [2.24, 2.45) is 0 Å². The second-order valence-corrected chi connectivity index (χ2v) is 1.76. The number of halogens is 3. The van der Waals surface area contributed by atoms with Crippen LogP contribution in [-0.2, 0) is 4.79 Å². The summed E-state index contributed by atoms with van der Waals surface area (Å²) in [4.78, 5) is 10.0. The summed E-state index contributed by atoms with van der Waals surface area (Å²) in [5.41, 5.74) is 0.637. The van der Waals surface area contributed by atoms with Gasteiger partial charge in [-0.25, -0.2) is 4.39 Å². The van der Waals surface area contributed by atoms with Crippen LogP contribution in [0.2, 0.25) is 0 Å². The quantitative estimate of drug-likeness (QED) is 0.604. The Morgan fingerprint density at radius 2 is 2.20 bits per heavy atom. The van der Waals surface area contributed by atoms with Crippen LogP contribution in [0.5, 0.6) is 0 Å². The first-order valence-electron chi connectivity index (χ1n) is 2.83. The number of amides is 1. The van der Waals surface area contributed by atoms with E-state index in [1.165, 1.54) is 0 Å². The molecule has 0 saturated heterocycles. The summed E-state index contributed by atoms with van der Waals surface area (Å²) in [5.74, 6) is -1.34. The molecule has 1 atom stereocenters. The number of carbonyl (C=O) groups excluding carboxylic acids is 1. The van der Waals surface area contributed by atoms with Gasteiger partial charge in [0.15, 0.2) is 6.17 Å².